The largest absolute Gasteiger partial charge is 0.371 e. The smallest absolute Gasteiger partial charge is 0.238 e. The van der Waals surface area contributed by atoms with Crippen molar-refractivity contribution in [2.24, 2.45) is 15.0 Å². The number of allylic oxidation sites excluding steroid dienone is 4. The summed E-state index contributed by atoms with van der Waals surface area (Å²) < 4.78 is 0. The Balaban J connectivity index is 1.12. The number of aromatic nitrogens is 2. The van der Waals surface area contributed by atoms with Gasteiger partial charge in [-0.3, -0.25) is 4.90 Å². The third kappa shape index (κ3) is 6.40. The zero-order chi connectivity index (χ0) is 34.0. The summed E-state index contributed by atoms with van der Waals surface area (Å²) in [7, 11) is 0. The van der Waals surface area contributed by atoms with Crippen LogP contribution in [0, 0.1) is 0 Å². The van der Waals surface area contributed by atoms with Gasteiger partial charge in [-0.15, -0.1) is 0 Å². The molecule has 0 amide bonds. The fourth-order valence-electron chi connectivity index (χ4n) is 7.36. The first-order valence-corrected chi connectivity index (χ1v) is 18.1. The normalized spacial score (nSPS) is 18.2. The molecule has 2 fully saturated rings. The quantitative estimate of drug-likeness (QED) is 0.195. The summed E-state index contributed by atoms with van der Waals surface area (Å²) in [6, 6.07) is 25.0. The highest BCUT2D eigenvalue weighted by Gasteiger charge is 2.31. The lowest BCUT2D eigenvalue weighted by Gasteiger charge is -2.33. The number of hydrogen-bond donors (Lipinski definition) is 2. The number of amidine groups is 1. The molecule has 10 nitrogen and oxygen atoms in total. The molecule has 0 aliphatic carbocycles. The van der Waals surface area contributed by atoms with Crippen molar-refractivity contribution in [1.82, 2.24) is 14.9 Å². The lowest BCUT2D eigenvalue weighted by molar-refractivity contribution is 0.578. The maximum atomic E-state index is 5.23. The molecule has 0 bridgehead atoms. The van der Waals surface area contributed by atoms with Crippen molar-refractivity contribution in [3.05, 3.63) is 132 Å². The van der Waals surface area contributed by atoms with E-state index in [9.17, 15) is 0 Å². The molecule has 2 N–H and O–H groups in total. The van der Waals surface area contributed by atoms with Gasteiger partial charge in [-0.2, -0.15) is 4.99 Å². The molecule has 0 unspecified atom stereocenters. The minimum absolute atomic E-state index is 0.580. The van der Waals surface area contributed by atoms with E-state index in [1.165, 1.54) is 49.9 Å². The van der Waals surface area contributed by atoms with Crippen LogP contribution in [0.3, 0.4) is 0 Å². The van der Waals surface area contributed by atoms with Crippen LogP contribution in [0.25, 0.3) is 0 Å². The van der Waals surface area contributed by atoms with Crippen LogP contribution in [0.1, 0.15) is 49.7 Å². The lowest BCUT2D eigenvalue weighted by Crippen LogP contribution is -2.36. The first kappa shape index (κ1) is 31.0. The molecule has 0 spiro atoms. The zero-order valence-electron chi connectivity index (χ0n) is 28.5. The Morgan fingerprint density at radius 1 is 0.588 bits per heavy atom. The van der Waals surface area contributed by atoms with Gasteiger partial charge in [0.05, 0.1) is 22.8 Å². The SMILES string of the molecule is C1=CC2=CC(c3ccc(N4CCCCC4)cc3Nc3ccccn3)=NC3=NC(c4ccc(N5CCCCC5)cc4Nc4ccccn4)=NC(=C1)N23. The maximum Gasteiger partial charge on any atom is 0.238 e. The zero-order valence-corrected chi connectivity index (χ0v) is 28.5. The number of pyridine rings is 2. The van der Waals surface area contributed by atoms with E-state index in [1.807, 2.05) is 59.6 Å². The fourth-order valence-corrected chi connectivity index (χ4v) is 7.36. The Kier molecular flexibility index (Phi) is 8.33. The Morgan fingerprint density at radius 3 is 1.80 bits per heavy atom. The monoisotopic (exact) mass is 672 g/mol. The van der Waals surface area contributed by atoms with Crippen LogP contribution in [0.5, 0.6) is 0 Å². The van der Waals surface area contributed by atoms with E-state index in [-0.39, 0.29) is 0 Å². The van der Waals surface area contributed by atoms with Crippen LogP contribution >= 0.6 is 0 Å². The predicted molar refractivity (Wildman–Crippen MR) is 208 cm³/mol. The van der Waals surface area contributed by atoms with Crippen molar-refractivity contribution >= 4 is 51.9 Å². The minimum atomic E-state index is 0.580. The molecule has 254 valence electrons. The van der Waals surface area contributed by atoms with E-state index in [2.05, 4.69) is 79.0 Å². The molecule has 2 aromatic carbocycles. The highest BCUT2D eigenvalue weighted by Crippen LogP contribution is 2.36. The molecule has 4 aromatic rings. The molecule has 7 heterocycles. The van der Waals surface area contributed by atoms with Gasteiger partial charge in [-0.05, 0) is 117 Å². The van der Waals surface area contributed by atoms with Crippen LogP contribution < -0.4 is 20.4 Å². The standard InChI is InChI=1S/C41H40N10/c1-7-22-49(23-8-1)29-16-18-32(34(26-29)44-37-13-3-5-20-42-37)35-28-31-12-11-15-39-47-40(48-41(46-35)51(31)39)33-19-17-30(50-24-9-2-10-25-50)27-36(33)45-38-14-4-6-21-43-38/h3-6,11-21,26-28H,1-2,7-10,22-25H2,(H,42,44)(H,43,45). The van der Waals surface area contributed by atoms with E-state index in [1.54, 1.807) is 6.20 Å². The molecule has 51 heavy (non-hydrogen) atoms. The highest BCUT2D eigenvalue weighted by atomic mass is 15.4. The number of nitrogens with zero attached hydrogens (tertiary/aromatic N) is 8. The average Bonchev–Trinajstić information content (AvgIpc) is 3.19. The molecule has 0 atom stereocenters. The van der Waals surface area contributed by atoms with Crippen LogP contribution in [-0.4, -0.2) is 58.6 Å². The second kappa shape index (κ2) is 13.7. The van der Waals surface area contributed by atoms with E-state index in [0.29, 0.717) is 11.8 Å². The first-order valence-electron chi connectivity index (χ1n) is 18.1. The molecule has 5 aliphatic heterocycles. The Hall–Kier alpha value is -6.03. The van der Waals surface area contributed by atoms with Crippen molar-refractivity contribution in [3.63, 3.8) is 0 Å². The van der Waals surface area contributed by atoms with Gasteiger partial charge in [0.2, 0.25) is 5.96 Å². The fraction of sp³-hybridized carbons (Fsp3) is 0.244. The second-order valence-electron chi connectivity index (χ2n) is 13.4. The summed E-state index contributed by atoms with van der Waals surface area (Å²) in [5.41, 5.74) is 7.91. The summed E-state index contributed by atoms with van der Waals surface area (Å²) in [4.78, 5) is 31.6. The second-order valence-corrected chi connectivity index (χ2v) is 13.4. The van der Waals surface area contributed by atoms with Gasteiger partial charge in [-0.25, -0.2) is 20.0 Å². The molecule has 0 radical (unpaired) electrons. The lowest BCUT2D eigenvalue weighted by atomic mass is 10.0. The van der Waals surface area contributed by atoms with Crippen molar-refractivity contribution in [3.8, 4) is 0 Å². The number of anilines is 6. The third-order valence-corrected chi connectivity index (χ3v) is 9.95. The van der Waals surface area contributed by atoms with Gasteiger partial charge in [0.15, 0.2) is 5.84 Å². The molecule has 0 saturated carbocycles. The average molecular weight is 673 g/mol. The van der Waals surface area contributed by atoms with Crippen molar-refractivity contribution in [2.75, 3.05) is 46.6 Å². The van der Waals surface area contributed by atoms with Gasteiger partial charge in [0.25, 0.3) is 0 Å². The summed E-state index contributed by atoms with van der Waals surface area (Å²) in [6.45, 7) is 4.25. The Morgan fingerprint density at radius 2 is 1.20 bits per heavy atom. The van der Waals surface area contributed by atoms with Gasteiger partial charge in [0, 0.05) is 61.1 Å². The molecular formula is C41H40N10. The van der Waals surface area contributed by atoms with Crippen molar-refractivity contribution in [1.29, 1.82) is 0 Å². The minimum Gasteiger partial charge on any atom is -0.371 e. The molecule has 2 saturated heterocycles. The summed E-state index contributed by atoms with van der Waals surface area (Å²) in [6.07, 6.45) is 19.3. The number of benzene rings is 2. The third-order valence-electron chi connectivity index (χ3n) is 9.95. The van der Waals surface area contributed by atoms with Crippen LogP contribution in [-0.2, 0) is 0 Å². The number of piperidine rings is 2. The maximum absolute atomic E-state index is 5.23. The summed E-state index contributed by atoms with van der Waals surface area (Å²) >= 11 is 0. The number of nitrogens with one attached hydrogen (secondary N) is 2. The van der Waals surface area contributed by atoms with E-state index in [4.69, 9.17) is 15.0 Å². The molecule has 2 aromatic heterocycles. The van der Waals surface area contributed by atoms with Crippen molar-refractivity contribution < 1.29 is 0 Å². The number of guanidine groups is 1. The topological polar surface area (TPSA) is 96.6 Å². The predicted octanol–water partition coefficient (Wildman–Crippen LogP) is 8.16. The highest BCUT2D eigenvalue weighted by molar-refractivity contribution is 6.22. The van der Waals surface area contributed by atoms with Gasteiger partial charge in [-0.1, -0.05) is 18.2 Å². The number of hydrogen-bond acceptors (Lipinski definition) is 10. The van der Waals surface area contributed by atoms with E-state index < -0.39 is 0 Å². The van der Waals surface area contributed by atoms with E-state index >= 15 is 0 Å². The van der Waals surface area contributed by atoms with Crippen LogP contribution in [0.2, 0.25) is 0 Å². The number of aliphatic imine (C=N–C) groups is 3. The molecular weight excluding hydrogens is 633 g/mol. The first-order chi connectivity index (χ1) is 25.2. The van der Waals surface area contributed by atoms with Crippen LogP contribution in [0.4, 0.5) is 34.4 Å². The van der Waals surface area contributed by atoms with Gasteiger partial charge >= 0.3 is 0 Å². The van der Waals surface area contributed by atoms with Crippen LogP contribution in [0.15, 0.2) is 136 Å². The summed E-state index contributed by atoms with van der Waals surface area (Å²) in [5.74, 6) is 3.51. The van der Waals surface area contributed by atoms with Crippen molar-refractivity contribution in [2.45, 2.75) is 38.5 Å². The number of rotatable bonds is 8. The molecule has 10 heteroatoms. The van der Waals surface area contributed by atoms with E-state index in [0.717, 1.165) is 77.5 Å². The van der Waals surface area contributed by atoms with Gasteiger partial charge in [0.1, 0.15) is 17.5 Å². The summed E-state index contributed by atoms with van der Waals surface area (Å²) in [5, 5.41) is 7.18. The van der Waals surface area contributed by atoms with Gasteiger partial charge < -0.3 is 20.4 Å². The molecule has 5 aliphatic rings. The molecule has 9 rings (SSSR count). The Labute approximate surface area is 298 Å². The Bertz CT molecular complexity index is 2010.